The number of amides is 1. The molecule has 214 valence electrons. The molecule has 2 atom stereocenters. The minimum Gasteiger partial charge on any atom is -0.469 e. The van der Waals surface area contributed by atoms with Crippen LogP contribution in [0.5, 0.6) is 5.88 Å². The third-order valence-corrected chi connectivity index (χ3v) is 7.64. The van der Waals surface area contributed by atoms with E-state index in [1.54, 1.807) is 32.0 Å². The number of aryl methyl sites for hydroxylation is 2. The monoisotopic (exact) mass is 575 g/mol. The fourth-order valence-electron chi connectivity index (χ4n) is 5.13. The summed E-state index contributed by atoms with van der Waals surface area (Å²) in [6.07, 6.45) is -1.06. The number of halogens is 4. The Kier molecular flexibility index (Phi) is 9.63. The largest absolute Gasteiger partial charge is 0.469 e. The first-order chi connectivity index (χ1) is 19.0. The molecule has 3 heterocycles. The summed E-state index contributed by atoms with van der Waals surface area (Å²) in [5, 5.41) is 3.26. The number of carbonyl (C=O) groups excluding carboxylic acids is 1. The smallest absolute Gasteiger partial charge is 0.416 e. The van der Waals surface area contributed by atoms with Crippen molar-refractivity contribution in [2.24, 2.45) is 5.92 Å². The highest BCUT2D eigenvalue weighted by Crippen LogP contribution is 2.37. The summed E-state index contributed by atoms with van der Waals surface area (Å²) in [5.74, 6) is 0.232. The molecule has 4 rings (SSSR count). The quantitative estimate of drug-likeness (QED) is 0.306. The molecule has 1 aliphatic rings. The van der Waals surface area contributed by atoms with Gasteiger partial charge in [0.15, 0.2) is 0 Å². The first-order valence-electron chi connectivity index (χ1n) is 13.3. The number of nitrogens with zero attached hydrogens (tertiary/aromatic N) is 4. The molecule has 2 unspecified atom stereocenters. The molecule has 11 heteroatoms. The highest BCUT2D eigenvalue weighted by atomic mass is 35.5. The van der Waals surface area contributed by atoms with Crippen molar-refractivity contribution in [2.75, 3.05) is 19.6 Å². The number of aromatic nitrogens is 3. The number of nitrogens with one attached hydrogen (secondary N) is 1. The molecule has 1 aliphatic heterocycles. The van der Waals surface area contributed by atoms with E-state index in [-0.39, 0.29) is 23.0 Å². The van der Waals surface area contributed by atoms with E-state index in [1.165, 1.54) is 18.5 Å². The lowest BCUT2D eigenvalue weighted by atomic mass is 9.86. The third kappa shape index (κ3) is 7.48. The Bertz CT molecular complexity index is 1280. The van der Waals surface area contributed by atoms with Crippen LogP contribution in [0.2, 0.25) is 5.15 Å². The van der Waals surface area contributed by atoms with Gasteiger partial charge in [-0.05, 0) is 76.9 Å². The molecule has 1 aromatic carbocycles. The second-order valence-corrected chi connectivity index (χ2v) is 10.5. The van der Waals surface area contributed by atoms with Crippen LogP contribution >= 0.6 is 11.6 Å². The number of ether oxygens (including phenoxy) is 1. The zero-order chi connectivity index (χ0) is 28.9. The summed E-state index contributed by atoms with van der Waals surface area (Å²) < 4.78 is 45.7. The number of rotatable bonds is 9. The van der Waals surface area contributed by atoms with Crippen LogP contribution in [0.3, 0.4) is 0 Å². The minimum absolute atomic E-state index is 0.0738. The summed E-state index contributed by atoms with van der Waals surface area (Å²) in [5.41, 5.74) is 1.78. The summed E-state index contributed by atoms with van der Waals surface area (Å²) in [4.78, 5) is 27.5. The van der Waals surface area contributed by atoms with Crippen molar-refractivity contribution in [1.82, 2.24) is 25.2 Å². The van der Waals surface area contributed by atoms with Gasteiger partial charge in [-0.1, -0.05) is 29.8 Å². The summed E-state index contributed by atoms with van der Waals surface area (Å²) in [7, 11) is 0. The average molecular weight is 576 g/mol. The fraction of sp³-hybridized carbons (Fsp3) is 0.448. The Hall–Kier alpha value is -3.24. The first-order valence-corrected chi connectivity index (χ1v) is 13.7. The van der Waals surface area contributed by atoms with Gasteiger partial charge in [0.25, 0.3) is 5.91 Å². The van der Waals surface area contributed by atoms with Gasteiger partial charge in [0.05, 0.1) is 22.5 Å². The molecule has 1 saturated heterocycles. The van der Waals surface area contributed by atoms with E-state index < -0.39 is 17.8 Å². The number of alkyl halides is 3. The van der Waals surface area contributed by atoms with Gasteiger partial charge < -0.3 is 15.0 Å². The molecule has 40 heavy (non-hydrogen) atoms. The van der Waals surface area contributed by atoms with Crippen molar-refractivity contribution in [3.63, 3.8) is 0 Å². The topological polar surface area (TPSA) is 80.2 Å². The van der Waals surface area contributed by atoms with Gasteiger partial charge in [-0.3, -0.25) is 4.79 Å². The standard InChI is InChI=1S/C29H33ClF3N5O2/c1-18(11-14-34-28(39)26-19(2)35-17-36-20(26)3)38-15-12-22(13-16-38)27(40-25-6-4-5-24(30)37-25)21-7-9-23(10-8-21)29(31,32)33/h4-10,17-18,22,27H,11-16H2,1-3H3,(H,34,39). The Morgan fingerprint density at radius 3 is 2.35 bits per heavy atom. The van der Waals surface area contributed by atoms with Crippen molar-refractivity contribution >= 4 is 17.5 Å². The van der Waals surface area contributed by atoms with Crippen LogP contribution in [0.4, 0.5) is 13.2 Å². The van der Waals surface area contributed by atoms with Crippen LogP contribution in [0.15, 0.2) is 48.8 Å². The third-order valence-electron chi connectivity index (χ3n) is 7.43. The van der Waals surface area contributed by atoms with E-state index in [1.807, 2.05) is 0 Å². The van der Waals surface area contributed by atoms with Gasteiger partial charge in [0.1, 0.15) is 17.6 Å². The molecule has 2 aromatic heterocycles. The van der Waals surface area contributed by atoms with Gasteiger partial charge in [0, 0.05) is 24.6 Å². The number of pyridine rings is 1. The summed E-state index contributed by atoms with van der Waals surface area (Å²) >= 11 is 6.04. The van der Waals surface area contributed by atoms with Gasteiger partial charge in [-0.2, -0.15) is 13.2 Å². The van der Waals surface area contributed by atoms with E-state index in [0.717, 1.165) is 44.5 Å². The van der Waals surface area contributed by atoms with Crippen LogP contribution in [0.1, 0.15) is 65.2 Å². The van der Waals surface area contributed by atoms with E-state index in [0.29, 0.717) is 34.9 Å². The number of hydrogen-bond donors (Lipinski definition) is 1. The number of carbonyl (C=O) groups is 1. The highest BCUT2D eigenvalue weighted by Gasteiger charge is 2.33. The molecule has 0 radical (unpaired) electrons. The second kappa shape index (κ2) is 13.0. The molecule has 7 nitrogen and oxygen atoms in total. The summed E-state index contributed by atoms with van der Waals surface area (Å²) in [6.45, 7) is 7.84. The lowest BCUT2D eigenvalue weighted by molar-refractivity contribution is -0.137. The zero-order valence-corrected chi connectivity index (χ0v) is 23.5. The zero-order valence-electron chi connectivity index (χ0n) is 22.7. The van der Waals surface area contributed by atoms with E-state index in [9.17, 15) is 18.0 Å². The summed E-state index contributed by atoms with van der Waals surface area (Å²) in [6, 6.07) is 10.4. The van der Waals surface area contributed by atoms with E-state index in [2.05, 4.69) is 32.1 Å². The number of benzene rings is 1. The predicted molar refractivity (Wildman–Crippen MR) is 146 cm³/mol. The van der Waals surface area contributed by atoms with Crippen molar-refractivity contribution in [1.29, 1.82) is 0 Å². The van der Waals surface area contributed by atoms with Crippen molar-refractivity contribution in [2.45, 2.75) is 58.4 Å². The van der Waals surface area contributed by atoms with Crippen LogP contribution < -0.4 is 10.1 Å². The van der Waals surface area contributed by atoms with E-state index in [4.69, 9.17) is 16.3 Å². The van der Waals surface area contributed by atoms with Crippen molar-refractivity contribution in [3.8, 4) is 5.88 Å². The second-order valence-electron chi connectivity index (χ2n) is 10.1. The van der Waals surface area contributed by atoms with Crippen molar-refractivity contribution in [3.05, 3.63) is 82.0 Å². The van der Waals surface area contributed by atoms with Gasteiger partial charge in [-0.25, -0.2) is 15.0 Å². The maximum atomic E-state index is 13.1. The molecular weight excluding hydrogens is 543 g/mol. The van der Waals surface area contributed by atoms with Crippen LogP contribution in [-0.2, 0) is 6.18 Å². The van der Waals surface area contributed by atoms with Gasteiger partial charge >= 0.3 is 6.18 Å². The molecule has 1 N–H and O–H groups in total. The molecule has 0 bridgehead atoms. The molecular formula is C29H33ClF3N5O2. The van der Waals surface area contributed by atoms with E-state index >= 15 is 0 Å². The minimum atomic E-state index is -4.41. The van der Waals surface area contributed by atoms with Crippen LogP contribution in [0.25, 0.3) is 0 Å². The SMILES string of the molecule is Cc1ncnc(C)c1C(=O)NCCC(C)N1CCC(C(Oc2cccc(Cl)n2)c2ccc(C(F)(F)F)cc2)CC1. The van der Waals surface area contributed by atoms with Crippen LogP contribution in [0, 0.1) is 19.8 Å². The molecule has 1 fully saturated rings. The van der Waals surface area contributed by atoms with Gasteiger partial charge in [0.2, 0.25) is 5.88 Å². The molecule has 3 aromatic rings. The molecule has 0 saturated carbocycles. The Labute approximate surface area is 237 Å². The normalized spacial score (nSPS) is 16.4. The fourth-order valence-corrected chi connectivity index (χ4v) is 5.29. The highest BCUT2D eigenvalue weighted by molar-refractivity contribution is 6.29. The maximum Gasteiger partial charge on any atom is 0.416 e. The number of hydrogen-bond acceptors (Lipinski definition) is 6. The van der Waals surface area contributed by atoms with Crippen LogP contribution in [-0.4, -0.2) is 51.4 Å². The number of piperidine rings is 1. The van der Waals surface area contributed by atoms with Gasteiger partial charge in [-0.15, -0.1) is 0 Å². The molecule has 0 aliphatic carbocycles. The Balaban J connectivity index is 1.37. The Morgan fingerprint density at radius 1 is 1.10 bits per heavy atom. The molecule has 0 spiro atoms. The predicted octanol–water partition coefficient (Wildman–Crippen LogP) is 6.20. The first kappa shape index (κ1) is 29.7. The maximum absolute atomic E-state index is 13.1. The lowest BCUT2D eigenvalue weighted by Crippen LogP contribution is -2.43. The van der Waals surface area contributed by atoms with Crippen molar-refractivity contribution < 1.29 is 22.7 Å². The average Bonchev–Trinajstić information content (AvgIpc) is 2.91. The Morgan fingerprint density at radius 2 is 1.75 bits per heavy atom. The molecule has 1 amide bonds. The number of likely N-dealkylation sites (tertiary alicyclic amines) is 1. The lowest BCUT2D eigenvalue weighted by Gasteiger charge is -2.39.